The average molecular weight is 300 g/mol. The number of aromatic carboxylic acids is 1. The van der Waals surface area contributed by atoms with Gasteiger partial charge in [0, 0.05) is 6.20 Å². The van der Waals surface area contributed by atoms with Gasteiger partial charge in [-0.3, -0.25) is 0 Å². The van der Waals surface area contributed by atoms with Gasteiger partial charge in [0.15, 0.2) is 5.69 Å². The Labute approximate surface area is 124 Å². The van der Waals surface area contributed by atoms with Gasteiger partial charge in [0.1, 0.15) is 11.6 Å². The van der Waals surface area contributed by atoms with Crippen LogP contribution < -0.4 is 0 Å². The monoisotopic (exact) mass is 300 g/mol. The summed E-state index contributed by atoms with van der Waals surface area (Å²) < 4.78 is 11.5. The number of hydrogen-bond acceptors (Lipinski definition) is 5. The lowest BCUT2D eigenvalue weighted by Gasteiger charge is -2.03. The van der Waals surface area contributed by atoms with Crippen LogP contribution in [0.2, 0.25) is 0 Å². The minimum absolute atomic E-state index is 0.0713. The Kier molecular flexibility index (Phi) is 3.38. The number of imidazole rings is 1. The van der Waals surface area contributed by atoms with Crippen LogP contribution in [0.1, 0.15) is 32.4 Å². The molecule has 3 rings (SSSR count). The predicted octanol–water partition coefficient (Wildman–Crippen LogP) is 2.00. The highest BCUT2D eigenvalue weighted by Crippen LogP contribution is 2.18. The number of furan rings is 1. The standard InChI is InChI=1S/C15H12N2O5/c1-21-15(20)9-4-5-11-13(14(18)19)16-12(17(11)8-9)7-10-3-2-6-22-10/h2-6,8H,7H2,1H3,(H,18,19). The molecule has 0 radical (unpaired) electrons. The van der Waals surface area contributed by atoms with E-state index in [9.17, 15) is 14.7 Å². The van der Waals surface area contributed by atoms with Crippen molar-refractivity contribution in [2.45, 2.75) is 6.42 Å². The normalized spacial score (nSPS) is 10.8. The Balaban J connectivity index is 2.16. The molecule has 7 heteroatoms. The van der Waals surface area contributed by atoms with Gasteiger partial charge >= 0.3 is 11.9 Å². The molecule has 0 unspecified atom stereocenters. The second-order valence-electron chi connectivity index (χ2n) is 4.60. The van der Waals surface area contributed by atoms with Crippen LogP contribution >= 0.6 is 0 Å². The number of methoxy groups -OCH3 is 1. The number of aromatic nitrogens is 2. The van der Waals surface area contributed by atoms with Crippen molar-refractivity contribution < 1.29 is 23.8 Å². The second kappa shape index (κ2) is 5.36. The third kappa shape index (κ3) is 2.32. The number of esters is 1. The van der Waals surface area contributed by atoms with Gasteiger partial charge < -0.3 is 18.7 Å². The van der Waals surface area contributed by atoms with Crippen LogP contribution in [0.3, 0.4) is 0 Å². The van der Waals surface area contributed by atoms with Gasteiger partial charge in [-0.25, -0.2) is 14.6 Å². The van der Waals surface area contributed by atoms with Crippen LogP contribution in [0.5, 0.6) is 0 Å². The Hall–Kier alpha value is -3.09. The molecular weight excluding hydrogens is 288 g/mol. The first kappa shape index (κ1) is 13.9. The average Bonchev–Trinajstić information content (AvgIpc) is 3.14. The highest BCUT2D eigenvalue weighted by atomic mass is 16.5. The molecule has 0 aliphatic rings. The lowest BCUT2D eigenvalue weighted by atomic mass is 10.2. The van der Waals surface area contributed by atoms with Crippen molar-refractivity contribution in [1.29, 1.82) is 0 Å². The van der Waals surface area contributed by atoms with E-state index in [1.807, 2.05) is 0 Å². The zero-order valence-electron chi connectivity index (χ0n) is 11.6. The maximum atomic E-state index is 11.6. The van der Waals surface area contributed by atoms with Crippen LogP contribution in [0.15, 0.2) is 41.1 Å². The maximum absolute atomic E-state index is 11.6. The fourth-order valence-electron chi connectivity index (χ4n) is 2.24. The maximum Gasteiger partial charge on any atom is 0.356 e. The molecule has 3 heterocycles. The summed E-state index contributed by atoms with van der Waals surface area (Å²) in [6.07, 6.45) is 3.36. The minimum atomic E-state index is -1.13. The Bertz CT molecular complexity index is 848. The molecule has 0 amide bonds. The van der Waals surface area contributed by atoms with Gasteiger partial charge in [-0.1, -0.05) is 0 Å². The molecule has 22 heavy (non-hydrogen) atoms. The molecule has 0 saturated heterocycles. The summed E-state index contributed by atoms with van der Waals surface area (Å²) in [5.74, 6) is -0.522. The van der Waals surface area contributed by atoms with Crippen molar-refractivity contribution in [3.05, 3.63) is 59.6 Å². The third-order valence-corrected chi connectivity index (χ3v) is 3.25. The molecule has 3 aromatic rings. The van der Waals surface area contributed by atoms with Gasteiger partial charge in [-0.05, 0) is 24.3 Å². The fraction of sp³-hybridized carbons (Fsp3) is 0.133. The zero-order valence-corrected chi connectivity index (χ0v) is 11.6. The molecule has 7 nitrogen and oxygen atoms in total. The minimum Gasteiger partial charge on any atom is -0.476 e. The van der Waals surface area contributed by atoms with E-state index in [2.05, 4.69) is 9.72 Å². The third-order valence-electron chi connectivity index (χ3n) is 3.25. The number of carbonyl (C=O) groups excluding carboxylic acids is 1. The molecular formula is C15H12N2O5. The quantitative estimate of drug-likeness (QED) is 0.741. The van der Waals surface area contributed by atoms with E-state index < -0.39 is 11.9 Å². The van der Waals surface area contributed by atoms with Crippen molar-refractivity contribution >= 4 is 17.5 Å². The first-order chi connectivity index (χ1) is 10.6. The van der Waals surface area contributed by atoms with Gasteiger partial charge in [0.25, 0.3) is 0 Å². The van der Waals surface area contributed by atoms with E-state index in [-0.39, 0.29) is 5.69 Å². The first-order valence-corrected chi connectivity index (χ1v) is 6.45. The highest BCUT2D eigenvalue weighted by Gasteiger charge is 2.19. The number of rotatable bonds is 4. The predicted molar refractivity (Wildman–Crippen MR) is 75.0 cm³/mol. The van der Waals surface area contributed by atoms with Crippen molar-refractivity contribution in [2.24, 2.45) is 0 Å². The van der Waals surface area contributed by atoms with E-state index in [4.69, 9.17) is 4.42 Å². The van der Waals surface area contributed by atoms with E-state index in [1.165, 1.54) is 31.7 Å². The molecule has 0 saturated carbocycles. The van der Waals surface area contributed by atoms with E-state index in [1.54, 1.807) is 16.5 Å². The SMILES string of the molecule is COC(=O)c1ccc2c(C(=O)O)nc(Cc3ccco3)n2c1. The topological polar surface area (TPSA) is 94.0 Å². The van der Waals surface area contributed by atoms with Crippen LogP contribution in [-0.2, 0) is 11.2 Å². The van der Waals surface area contributed by atoms with Crippen LogP contribution in [0, 0.1) is 0 Å². The molecule has 0 fully saturated rings. The van der Waals surface area contributed by atoms with E-state index in [0.717, 1.165) is 0 Å². The summed E-state index contributed by atoms with van der Waals surface area (Å²) in [7, 11) is 1.28. The Morgan fingerprint density at radius 3 is 2.82 bits per heavy atom. The Morgan fingerprint density at radius 2 is 2.18 bits per heavy atom. The number of hydrogen-bond donors (Lipinski definition) is 1. The lowest BCUT2D eigenvalue weighted by molar-refractivity contribution is 0.0599. The number of nitrogens with zero attached hydrogens (tertiary/aromatic N) is 2. The molecule has 0 aliphatic carbocycles. The molecule has 0 spiro atoms. The molecule has 0 bridgehead atoms. The molecule has 3 aromatic heterocycles. The van der Waals surface area contributed by atoms with Gasteiger partial charge in [0.05, 0.1) is 30.9 Å². The summed E-state index contributed by atoms with van der Waals surface area (Å²) in [4.78, 5) is 27.1. The van der Waals surface area contributed by atoms with Gasteiger partial charge in [-0.2, -0.15) is 0 Å². The second-order valence-corrected chi connectivity index (χ2v) is 4.60. The smallest absolute Gasteiger partial charge is 0.356 e. The summed E-state index contributed by atoms with van der Waals surface area (Å²) in [6.45, 7) is 0. The lowest BCUT2D eigenvalue weighted by Crippen LogP contribution is -2.04. The molecule has 0 atom stereocenters. The van der Waals surface area contributed by atoms with Crippen LogP contribution in [0.25, 0.3) is 5.52 Å². The largest absolute Gasteiger partial charge is 0.476 e. The number of carboxylic acid groups (broad SMARTS) is 1. The summed E-state index contributed by atoms with van der Waals surface area (Å²) >= 11 is 0. The van der Waals surface area contributed by atoms with Crippen LogP contribution in [0.4, 0.5) is 0 Å². The van der Waals surface area contributed by atoms with Crippen LogP contribution in [-0.4, -0.2) is 33.5 Å². The summed E-state index contributed by atoms with van der Waals surface area (Å²) in [5, 5.41) is 9.26. The van der Waals surface area contributed by atoms with Crippen molar-refractivity contribution in [2.75, 3.05) is 7.11 Å². The number of fused-ring (bicyclic) bond motifs is 1. The van der Waals surface area contributed by atoms with Crippen molar-refractivity contribution in [1.82, 2.24) is 9.38 Å². The van der Waals surface area contributed by atoms with Crippen molar-refractivity contribution in [3.63, 3.8) is 0 Å². The van der Waals surface area contributed by atoms with E-state index >= 15 is 0 Å². The Morgan fingerprint density at radius 1 is 1.36 bits per heavy atom. The van der Waals surface area contributed by atoms with Gasteiger partial charge in [-0.15, -0.1) is 0 Å². The number of carbonyl (C=O) groups is 2. The van der Waals surface area contributed by atoms with E-state index in [0.29, 0.717) is 29.1 Å². The summed E-state index contributed by atoms with van der Waals surface area (Å²) in [5.41, 5.74) is 0.643. The molecule has 1 N–H and O–H groups in total. The number of ether oxygens (including phenoxy) is 1. The van der Waals surface area contributed by atoms with Crippen molar-refractivity contribution in [3.8, 4) is 0 Å². The number of carboxylic acids is 1. The molecule has 0 aliphatic heterocycles. The highest BCUT2D eigenvalue weighted by molar-refractivity contribution is 5.95. The fourth-order valence-corrected chi connectivity index (χ4v) is 2.24. The molecule has 112 valence electrons. The summed E-state index contributed by atoms with van der Waals surface area (Å²) in [6, 6.07) is 6.55. The zero-order chi connectivity index (χ0) is 15.7. The molecule has 0 aromatic carbocycles. The number of pyridine rings is 1. The van der Waals surface area contributed by atoms with Gasteiger partial charge in [0.2, 0.25) is 0 Å². The first-order valence-electron chi connectivity index (χ1n) is 6.45.